The van der Waals surface area contributed by atoms with Crippen molar-refractivity contribution in [3.8, 4) is 11.1 Å². The zero-order valence-corrected chi connectivity index (χ0v) is 10.5. The second kappa shape index (κ2) is 4.90. The highest BCUT2D eigenvalue weighted by molar-refractivity contribution is 6.42. The third-order valence-corrected chi connectivity index (χ3v) is 3.37. The number of aryl methyl sites for hydroxylation is 1. The summed E-state index contributed by atoms with van der Waals surface area (Å²) in [6.45, 7) is 2.15. The van der Waals surface area contributed by atoms with E-state index in [-0.39, 0.29) is 0 Å². The van der Waals surface area contributed by atoms with Crippen LogP contribution in [0.15, 0.2) is 42.5 Å². The third kappa shape index (κ3) is 2.23. The van der Waals surface area contributed by atoms with E-state index in [1.165, 1.54) is 11.1 Å². The topological polar surface area (TPSA) is 0 Å². The summed E-state index contributed by atoms with van der Waals surface area (Å²) in [7, 11) is 0. The van der Waals surface area contributed by atoms with E-state index in [1.54, 1.807) is 0 Å². The van der Waals surface area contributed by atoms with Crippen molar-refractivity contribution in [1.29, 1.82) is 0 Å². The van der Waals surface area contributed by atoms with Crippen LogP contribution in [0.25, 0.3) is 11.1 Å². The molecule has 0 heterocycles. The Bertz CT molecular complexity index is 504. The van der Waals surface area contributed by atoms with E-state index in [0.29, 0.717) is 10.0 Å². The van der Waals surface area contributed by atoms with Crippen molar-refractivity contribution in [3.05, 3.63) is 58.1 Å². The zero-order valence-electron chi connectivity index (χ0n) is 9.00. The molecule has 2 aromatic rings. The molecule has 0 radical (unpaired) electrons. The van der Waals surface area contributed by atoms with E-state index < -0.39 is 0 Å². The van der Waals surface area contributed by atoms with Crippen LogP contribution in [0.4, 0.5) is 0 Å². The molecule has 0 N–H and O–H groups in total. The molecule has 16 heavy (non-hydrogen) atoms. The third-order valence-electron chi connectivity index (χ3n) is 2.63. The summed E-state index contributed by atoms with van der Waals surface area (Å²) in [4.78, 5) is 0. The molecular formula is C14H12Cl2. The highest BCUT2D eigenvalue weighted by Crippen LogP contribution is 2.30. The van der Waals surface area contributed by atoms with Gasteiger partial charge in [0, 0.05) is 0 Å². The summed E-state index contributed by atoms with van der Waals surface area (Å²) in [6, 6.07) is 14.1. The van der Waals surface area contributed by atoms with E-state index >= 15 is 0 Å². The summed E-state index contributed by atoms with van der Waals surface area (Å²) in [5.74, 6) is 0. The smallest absolute Gasteiger partial charge is 0.0598 e. The molecule has 0 bridgehead atoms. The first kappa shape index (κ1) is 11.5. The molecule has 0 aliphatic carbocycles. The zero-order chi connectivity index (χ0) is 11.5. The van der Waals surface area contributed by atoms with Crippen LogP contribution in [0.3, 0.4) is 0 Å². The molecule has 0 nitrogen and oxygen atoms in total. The number of hydrogen-bond acceptors (Lipinski definition) is 0. The molecule has 0 aliphatic rings. The van der Waals surface area contributed by atoms with Gasteiger partial charge in [-0.25, -0.2) is 0 Å². The fourth-order valence-electron chi connectivity index (χ4n) is 1.77. The second-order valence-corrected chi connectivity index (χ2v) is 4.45. The molecule has 0 amide bonds. The fraction of sp³-hybridized carbons (Fsp3) is 0.143. The van der Waals surface area contributed by atoms with Gasteiger partial charge in [-0.15, -0.1) is 0 Å². The number of hydrogen-bond donors (Lipinski definition) is 0. The number of benzene rings is 2. The predicted molar refractivity (Wildman–Crippen MR) is 71.3 cm³/mol. The van der Waals surface area contributed by atoms with Crippen molar-refractivity contribution in [2.24, 2.45) is 0 Å². The lowest BCUT2D eigenvalue weighted by Gasteiger charge is -2.08. The second-order valence-electron chi connectivity index (χ2n) is 3.64. The first-order valence-electron chi connectivity index (χ1n) is 5.25. The molecule has 0 spiro atoms. The molecule has 0 saturated carbocycles. The van der Waals surface area contributed by atoms with Crippen LogP contribution < -0.4 is 0 Å². The van der Waals surface area contributed by atoms with E-state index in [0.717, 1.165) is 12.0 Å². The van der Waals surface area contributed by atoms with Gasteiger partial charge in [0.1, 0.15) is 0 Å². The van der Waals surface area contributed by atoms with Crippen molar-refractivity contribution < 1.29 is 0 Å². The summed E-state index contributed by atoms with van der Waals surface area (Å²) >= 11 is 11.9. The van der Waals surface area contributed by atoms with Crippen molar-refractivity contribution in [1.82, 2.24) is 0 Å². The molecule has 2 heteroatoms. The molecule has 0 unspecified atom stereocenters. The van der Waals surface area contributed by atoms with Crippen molar-refractivity contribution in [3.63, 3.8) is 0 Å². The summed E-state index contributed by atoms with van der Waals surface area (Å²) in [5.41, 5.74) is 3.66. The number of halogens is 2. The maximum absolute atomic E-state index is 6.03. The van der Waals surface area contributed by atoms with Gasteiger partial charge in [0.05, 0.1) is 10.0 Å². The Morgan fingerprint density at radius 1 is 0.938 bits per heavy atom. The van der Waals surface area contributed by atoms with Crippen LogP contribution in [0.2, 0.25) is 10.0 Å². The maximum atomic E-state index is 6.03. The van der Waals surface area contributed by atoms with Gasteiger partial charge in [0.2, 0.25) is 0 Å². The van der Waals surface area contributed by atoms with Gasteiger partial charge in [-0.1, -0.05) is 60.5 Å². The van der Waals surface area contributed by atoms with Gasteiger partial charge in [-0.2, -0.15) is 0 Å². The highest BCUT2D eigenvalue weighted by Gasteiger charge is 2.05. The Labute approximate surface area is 106 Å². The average Bonchev–Trinajstić information content (AvgIpc) is 2.32. The molecule has 82 valence electrons. The Balaban J connectivity index is 2.54. The molecule has 0 saturated heterocycles. The minimum Gasteiger partial charge on any atom is -0.0827 e. The predicted octanol–water partition coefficient (Wildman–Crippen LogP) is 5.22. The molecule has 0 fully saturated rings. The monoisotopic (exact) mass is 250 g/mol. The van der Waals surface area contributed by atoms with Crippen LogP contribution >= 0.6 is 23.2 Å². The summed E-state index contributed by atoms with van der Waals surface area (Å²) in [6.07, 6.45) is 1.01. The van der Waals surface area contributed by atoms with Gasteiger partial charge < -0.3 is 0 Å². The summed E-state index contributed by atoms with van der Waals surface area (Å²) in [5, 5.41) is 1.20. The van der Waals surface area contributed by atoms with E-state index in [4.69, 9.17) is 23.2 Å². The van der Waals surface area contributed by atoms with Crippen LogP contribution in [-0.2, 0) is 6.42 Å². The Hall–Kier alpha value is -0.980. The Morgan fingerprint density at radius 2 is 1.69 bits per heavy atom. The molecule has 0 aliphatic heterocycles. The van der Waals surface area contributed by atoms with Crippen LogP contribution in [-0.4, -0.2) is 0 Å². The van der Waals surface area contributed by atoms with Crippen molar-refractivity contribution >= 4 is 23.2 Å². The SMILES string of the molecule is CCc1ccccc1-c1ccc(Cl)c(Cl)c1. The highest BCUT2D eigenvalue weighted by atomic mass is 35.5. The Kier molecular flexibility index (Phi) is 3.52. The molecular weight excluding hydrogens is 239 g/mol. The molecule has 2 aromatic carbocycles. The standard InChI is InChI=1S/C14H12Cl2/c1-2-10-5-3-4-6-12(10)11-7-8-13(15)14(16)9-11/h3-9H,2H2,1H3. The van der Waals surface area contributed by atoms with Crippen LogP contribution in [0.1, 0.15) is 12.5 Å². The molecule has 0 aromatic heterocycles. The minimum atomic E-state index is 0.597. The molecule has 2 rings (SSSR count). The average molecular weight is 251 g/mol. The minimum absolute atomic E-state index is 0.597. The van der Waals surface area contributed by atoms with Crippen LogP contribution in [0, 0.1) is 0 Å². The van der Waals surface area contributed by atoms with E-state index in [9.17, 15) is 0 Å². The lowest BCUT2D eigenvalue weighted by Crippen LogP contribution is -1.86. The lowest BCUT2D eigenvalue weighted by molar-refractivity contribution is 1.14. The largest absolute Gasteiger partial charge is 0.0827 e. The van der Waals surface area contributed by atoms with E-state index in [1.807, 2.05) is 24.3 Å². The quantitative estimate of drug-likeness (QED) is 0.686. The first-order valence-corrected chi connectivity index (χ1v) is 6.01. The van der Waals surface area contributed by atoms with Gasteiger partial charge in [-0.3, -0.25) is 0 Å². The fourth-order valence-corrected chi connectivity index (χ4v) is 2.07. The normalized spacial score (nSPS) is 10.4. The van der Waals surface area contributed by atoms with Crippen molar-refractivity contribution in [2.45, 2.75) is 13.3 Å². The van der Waals surface area contributed by atoms with Gasteiger partial charge in [0.15, 0.2) is 0 Å². The van der Waals surface area contributed by atoms with Gasteiger partial charge in [0.25, 0.3) is 0 Å². The van der Waals surface area contributed by atoms with Gasteiger partial charge >= 0.3 is 0 Å². The lowest BCUT2D eigenvalue weighted by atomic mass is 9.98. The van der Waals surface area contributed by atoms with Crippen molar-refractivity contribution in [2.75, 3.05) is 0 Å². The van der Waals surface area contributed by atoms with E-state index in [2.05, 4.69) is 25.1 Å². The van der Waals surface area contributed by atoms with Gasteiger partial charge in [-0.05, 0) is 35.2 Å². The number of rotatable bonds is 2. The molecule has 0 atom stereocenters. The maximum Gasteiger partial charge on any atom is 0.0598 e. The summed E-state index contributed by atoms with van der Waals surface area (Å²) < 4.78 is 0. The Morgan fingerprint density at radius 3 is 2.38 bits per heavy atom. The van der Waals surface area contributed by atoms with Crippen LogP contribution in [0.5, 0.6) is 0 Å². The first-order chi connectivity index (χ1) is 7.72.